The topological polar surface area (TPSA) is 190 Å². The highest BCUT2D eigenvalue weighted by molar-refractivity contribution is 5.91. The van der Waals surface area contributed by atoms with E-state index in [0.29, 0.717) is 17.7 Å². The monoisotopic (exact) mass is 581 g/mol. The minimum absolute atomic E-state index is 0.00856. The quantitative estimate of drug-likeness (QED) is 0.249. The number of para-hydroxylation sites is 2. The summed E-state index contributed by atoms with van der Waals surface area (Å²) in [6, 6.07) is 16.5. The maximum atomic E-state index is 12.9. The first-order valence-corrected chi connectivity index (χ1v) is 13.8. The number of aryl methyl sites for hydroxylation is 1. The predicted molar refractivity (Wildman–Crippen MR) is 150 cm³/mol. The zero-order valence-corrected chi connectivity index (χ0v) is 23.1. The van der Waals surface area contributed by atoms with Crippen molar-refractivity contribution in [3.05, 3.63) is 65.5 Å². The van der Waals surface area contributed by atoms with Crippen LogP contribution >= 0.6 is 0 Å². The molecule has 2 heterocycles. The molecule has 0 radical (unpaired) electrons. The Morgan fingerprint density at radius 1 is 0.881 bits per heavy atom. The summed E-state index contributed by atoms with van der Waals surface area (Å²) < 4.78 is 1.59. The number of piperidine rings is 1. The van der Waals surface area contributed by atoms with Crippen LogP contribution in [0.4, 0.5) is 0 Å². The number of carbonyl (C=O) groups is 4. The number of likely N-dealkylation sites (tertiary alicyclic amines) is 1. The molecule has 2 aliphatic rings. The Kier molecular flexibility index (Phi) is 9.40. The van der Waals surface area contributed by atoms with E-state index in [2.05, 4.69) is 34.1 Å². The van der Waals surface area contributed by atoms with E-state index in [-0.39, 0.29) is 12.5 Å². The first kappa shape index (κ1) is 30.8. The maximum Gasteiger partial charge on any atom is 0.336 e. The van der Waals surface area contributed by atoms with Gasteiger partial charge in [0, 0.05) is 13.0 Å². The van der Waals surface area contributed by atoms with Gasteiger partial charge in [-0.1, -0.05) is 36.4 Å². The molecule has 224 valence electrons. The minimum atomic E-state index is -2.74. The molecule has 2 aromatic carbocycles. The van der Waals surface area contributed by atoms with Gasteiger partial charge in [0.15, 0.2) is 5.60 Å². The third-order valence-electron chi connectivity index (χ3n) is 8.22. The number of aliphatic carboxylic acids is 3. The van der Waals surface area contributed by atoms with Crippen molar-refractivity contribution < 1.29 is 44.7 Å². The van der Waals surface area contributed by atoms with Gasteiger partial charge in [-0.05, 0) is 67.4 Å². The number of benzene rings is 2. The molecule has 12 nitrogen and oxygen atoms in total. The smallest absolute Gasteiger partial charge is 0.336 e. The zero-order valence-electron chi connectivity index (χ0n) is 23.1. The van der Waals surface area contributed by atoms with Crippen LogP contribution < -0.4 is 0 Å². The molecular formula is C30H35N3O9. The van der Waals surface area contributed by atoms with Gasteiger partial charge in [0.25, 0.3) is 0 Å². The Morgan fingerprint density at radius 3 is 2.12 bits per heavy atom. The van der Waals surface area contributed by atoms with Crippen molar-refractivity contribution in [3.8, 4) is 0 Å². The molecule has 0 saturated carbocycles. The molecule has 3 aromatic rings. The van der Waals surface area contributed by atoms with Crippen LogP contribution in [0.2, 0.25) is 0 Å². The van der Waals surface area contributed by atoms with Crippen molar-refractivity contribution in [3.63, 3.8) is 0 Å². The molecule has 12 heteroatoms. The molecule has 1 spiro atoms. The molecule has 0 atom stereocenters. The number of aliphatic hydroxyl groups is 2. The summed E-state index contributed by atoms with van der Waals surface area (Å²) in [6.07, 6.45) is 2.97. The van der Waals surface area contributed by atoms with Gasteiger partial charge in [-0.15, -0.1) is 0 Å². The number of hydrogen-bond donors (Lipinski definition) is 5. The lowest BCUT2D eigenvalue weighted by Crippen LogP contribution is -2.42. The number of hydrogen-bond acceptors (Lipinski definition) is 8. The summed E-state index contributed by atoms with van der Waals surface area (Å²) in [5, 5.41) is 43.4. The second kappa shape index (κ2) is 12.8. The molecule has 5 N–H and O–H groups in total. The highest BCUT2D eigenvalue weighted by Crippen LogP contribution is 2.46. The van der Waals surface area contributed by atoms with Gasteiger partial charge in [-0.2, -0.15) is 0 Å². The normalized spacial score (nSPS) is 16.0. The van der Waals surface area contributed by atoms with Crippen LogP contribution in [0.15, 0.2) is 48.5 Å². The van der Waals surface area contributed by atoms with Gasteiger partial charge in [0.1, 0.15) is 12.4 Å². The fourth-order valence-electron chi connectivity index (χ4n) is 6.03. The van der Waals surface area contributed by atoms with Crippen LogP contribution in [0.5, 0.6) is 0 Å². The SMILES string of the molecule is O=C(CCN1CCC2(CCc3ccccc32)CC1)n1c(CO)nc2ccccc21.O=C(O)CC(O)(CC(=O)O)C(=O)O. The number of fused-ring (bicyclic) bond motifs is 3. The van der Waals surface area contributed by atoms with Gasteiger partial charge in [0.2, 0.25) is 5.91 Å². The van der Waals surface area contributed by atoms with Crippen molar-refractivity contribution >= 4 is 34.8 Å². The van der Waals surface area contributed by atoms with Crippen molar-refractivity contribution in [2.24, 2.45) is 0 Å². The number of nitrogens with zero attached hydrogens (tertiary/aromatic N) is 3. The lowest BCUT2D eigenvalue weighted by Gasteiger charge is -2.40. The van der Waals surface area contributed by atoms with Crippen LogP contribution in [0.1, 0.15) is 60.3 Å². The van der Waals surface area contributed by atoms with Crippen LogP contribution in [0, 0.1) is 0 Å². The number of carboxylic acid groups (broad SMARTS) is 3. The van der Waals surface area contributed by atoms with E-state index in [0.717, 1.165) is 30.7 Å². The number of rotatable bonds is 9. The summed E-state index contributed by atoms with van der Waals surface area (Å²) in [5.41, 5.74) is 2.23. The first-order valence-electron chi connectivity index (χ1n) is 13.8. The van der Waals surface area contributed by atoms with Gasteiger partial charge >= 0.3 is 17.9 Å². The summed E-state index contributed by atoms with van der Waals surface area (Å²) in [6.45, 7) is 2.61. The van der Waals surface area contributed by atoms with Crippen LogP contribution in [-0.2, 0) is 32.8 Å². The Bertz CT molecular complexity index is 1460. The molecule has 42 heavy (non-hydrogen) atoms. The molecule has 1 aliphatic heterocycles. The van der Waals surface area contributed by atoms with E-state index in [1.165, 1.54) is 31.2 Å². The number of imidazole rings is 1. The van der Waals surface area contributed by atoms with Crippen LogP contribution in [0.3, 0.4) is 0 Å². The largest absolute Gasteiger partial charge is 0.481 e. The summed E-state index contributed by atoms with van der Waals surface area (Å²) in [4.78, 5) is 50.2. The molecule has 0 amide bonds. The maximum absolute atomic E-state index is 12.9. The second-order valence-corrected chi connectivity index (χ2v) is 10.9. The molecule has 1 fully saturated rings. The Labute approximate surface area is 241 Å². The van der Waals surface area contributed by atoms with E-state index in [1.54, 1.807) is 10.1 Å². The average molecular weight is 582 g/mol. The van der Waals surface area contributed by atoms with Gasteiger partial charge in [-0.3, -0.25) is 19.0 Å². The minimum Gasteiger partial charge on any atom is -0.481 e. The second-order valence-electron chi connectivity index (χ2n) is 10.9. The Morgan fingerprint density at radius 2 is 1.50 bits per heavy atom. The molecule has 1 saturated heterocycles. The highest BCUT2D eigenvalue weighted by Gasteiger charge is 2.41. The molecule has 1 aliphatic carbocycles. The average Bonchev–Trinajstić information content (AvgIpc) is 3.51. The molecule has 5 rings (SSSR count). The van der Waals surface area contributed by atoms with Gasteiger partial charge < -0.3 is 30.4 Å². The Balaban J connectivity index is 0.000000266. The van der Waals surface area contributed by atoms with Crippen molar-refractivity contribution in [1.82, 2.24) is 14.5 Å². The van der Waals surface area contributed by atoms with Crippen molar-refractivity contribution in [2.45, 2.75) is 62.6 Å². The number of carboxylic acids is 3. The third-order valence-corrected chi connectivity index (χ3v) is 8.22. The predicted octanol–water partition coefficient (Wildman–Crippen LogP) is 2.29. The van der Waals surface area contributed by atoms with Crippen LogP contribution in [0.25, 0.3) is 11.0 Å². The molecule has 0 unspecified atom stereocenters. The van der Waals surface area contributed by atoms with Gasteiger partial charge in [-0.25, -0.2) is 9.78 Å². The molecule has 1 aromatic heterocycles. The van der Waals surface area contributed by atoms with E-state index < -0.39 is 36.4 Å². The fourth-order valence-corrected chi connectivity index (χ4v) is 6.03. The lowest BCUT2D eigenvalue weighted by molar-refractivity contribution is -0.170. The number of carbonyl (C=O) groups excluding carboxylic acids is 1. The fraction of sp³-hybridized carbons (Fsp3) is 0.433. The summed E-state index contributed by atoms with van der Waals surface area (Å²) >= 11 is 0. The Hall–Kier alpha value is -4.13. The van der Waals surface area contributed by atoms with E-state index in [9.17, 15) is 24.3 Å². The van der Waals surface area contributed by atoms with E-state index in [4.69, 9.17) is 20.4 Å². The molecular weight excluding hydrogens is 546 g/mol. The van der Waals surface area contributed by atoms with Gasteiger partial charge in [0.05, 0.1) is 23.9 Å². The highest BCUT2D eigenvalue weighted by atomic mass is 16.4. The van der Waals surface area contributed by atoms with Crippen LogP contribution in [-0.4, -0.2) is 89.0 Å². The lowest BCUT2D eigenvalue weighted by atomic mass is 9.74. The number of aromatic nitrogens is 2. The third kappa shape index (κ3) is 6.67. The first-order chi connectivity index (χ1) is 20.0. The summed E-state index contributed by atoms with van der Waals surface area (Å²) in [5.74, 6) is -4.58. The van der Waals surface area contributed by atoms with E-state index in [1.807, 2.05) is 24.3 Å². The standard InChI is InChI=1S/C24H27N3O2.C6H8O7/c28-17-22-25-20-7-3-4-8-21(20)27(22)23(29)10-14-26-15-12-24(13-16-26)11-9-18-5-1-2-6-19(18)24;7-3(8)1-6(13,5(11)12)2-4(9)10/h1-8,28H,9-17H2;13H,1-2H2,(H,7,8)(H,9,10)(H,11,12). The van der Waals surface area contributed by atoms with Crippen molar-refractivity contribution in [2.75, 3.05) is 19.6 Å². The number of aliphatic hydroxyl groups excluding tert-OH is 1. The zero-order chi connectivity index (χ0) is 30.5. The summed E-state index contributed by atoms with van der Waals surface area (Å²) in [7, 11) is 0. The van der Waals surface area contributed by atoms with Crippen molar-refractivity contribution in [1.29, 1.82) is 0 Å². The van der Waals surface area contributed by atoms with E-state index >= 15 is 0 Å². The molecule has 0 bridgehead atoms.